The normalized spacial score (nSPS) is 18.0. The number of aryl methyl sites for hydroxylation is 1. The molecule has 23 heavy (non-hydrogen) atoms. The Labute approximate surface area is 131 Å². The van der Waals surface area contributed by atoms with Crippen LogP contribution in [0.5, 0.6) is 0 Å². The zero-order valence-electron chi connectivity index (χ0n) is 12.3. The number of nitrogens with one attached hydrogen (secondary N) is 1. The van der Waals surface area contributed by atoms with E-state index in [9.17, 15) is 22.8 Å². The van der Waals surface area contributed by atoms with Gasteiger partial charge in [-0.2, -0.15) is 13.2 Å². The van der Waals surface area contributed by atoms with Gasteiger partial charge in [0.2, 0.25) is 0 Å². The number of carbonyl (C=O) groups is 2. The lowest BCUT2D eigenvalue weighted by molar-refractivity contribution is -0.141. The average molecular weight is 330 g/mol. The number of carboxylic acids is 1. The molecule has 0 bridgehead atoms. The highest BCUT2D eigenvalue weighted by Gasteiger charge is 2.31. The number of amides is 2. The van der Waals surface area contributed by atoms with Gasteiger partial charge in [0, 0.05) is 25.2 Å². The lowest BCUT2D eigenvalue weighted by Crippen LogP contribution is -2.34. The summed E-state index contributed by atoms with van der Waals surface area (Å²) in [5.41, 5.74) is 0.715. The maximum atomic E-state index is 12.3. The summed E-state index contributed by atoms with van der Waals surface area (Å²) in [5.74, 6) is -1.55. The van der Waals surface area contributed by atoms with Crippen LogP contribution in [0.4, 0.5) is 23.7 Å². The second kappa shape index (κ2) is 6.89. The van der Waals surface area contributed by atoms with Gasteiger partial charge in [-0.1, -0.05) is 18.2 Å². The molecular formula is C15H17F3N2O3. The van der Waals surface area contributed by atoms with E-state index in [4.69, 9.17) is 5.11 Å². The van der Waals surface area contributed by atoms with Crippen molar-refractivity contribution in [1.82, 2.24) is 4.90 Å². The molecule has 8 heteroatoms. The van der Waals surface area contributed by atoms with Crippen molar-refractivity contribution in [3.05, 3.63) is 29.8 Å². The molecule has 2 rings (SSSR count). The zero-order chi connectivity index (χ0) is 17.0. The maximum Gasteiger partial charge on any atom is 0.389 e. The van der Waals surface area contributed by atoms with Gasteiger partial charge in [-0.15, -0.1) is 0 Å². The average Bonchev–Trinajstić information content (AvgIpc) is 2.95. The molecule has 2 amide bonds. The van der Waals surface area contributed by atoms with E-state index >= 15 is 0 Å². The van der Waals surface area contributed by atoms with Crippen LogP contribution in [0.15, 0.2) is 24.3 Å². The highest BCUT2D eigenvalue weighted by molar-refractivity contribution is 5.90. The molecule has 1 aromatic carbocycles. The quantitative estimate of drug-likeness (QED) is 0.891. The molecule has 5 nitrogen and oxygen atoms in total. The molecule has 1 aliphatic heterocycles. The molecule has 0 aliphatic carbocycles. The molecular weight excluding hydrogens is 313 g/mol. The van der Waals surface area contributed by atoms with Gasteiger partial charge in [-0.05, 0) is 24.5 Å². The van der Waals surface area contributed by atoms with Crippen LogP contribution in [-0.2, 0) is 11.2 Å². The van der Waals surface area contributed by atoms with Crippen LogP contribution in [0.2, 0.25) is 0 Å². The molecule has 1 aliphatic rings. The molecule has 1 saturated heterocycles. The topological polar surface area (TPSA) is 69.6 Å². The maximum absolute atomic E-state index is 12.3. The summed E-state index contributed by atoms with van der Waals surface area (Å²) in [6.45, 7) is 0.416. The number of para-hydroxylation sites is 1. The van der Waals surface area contributed by atoms with Gasteiger partial charge in [0.25, 0.3) is 0 Å². The Kier molecular flexibility index (Phi) is 5.12. The predicted octanol–water partition coefficient (Wildman–Crippen LogP) is 3.12. The number of nitrogens with zero attached hydrogens (tertiary/aromatic N) is 1. The van der Waals surface area contributed by atoms with Crippen molar-refractivity contribution in [3.8, 4) is 0 Å². The number of carboxylic acid groups (broad SMARTS) is 1. The van der Waals surface area contributed by atoms with Crippen LogP contribution in [0, 0.1) is 5.92 Å². The number of aliphatic carboxylic acids is 1. The lowest BCUT2D eigenvalue weighted by atomic mass is 10.1. The van der Waals surface area contributed by atoms with E-state index < -0.39 is 30.5 Å². The van der Waals surface area contributed by atoms with Gasteiger partial charge in [0.1, 0.15) is 0 Å². The first kappa shape index (κ1) is 17.1. The van der Waals surface area contributed by atoms with Crippen molar-refractivity contribution in [2.75, 3.05) is 18.4 Å². The molecule has 1 heterocycles. The highest BCUT2D eigenvalue weighted by Crippen LogP contribution is 2.26. The van der Waals surface area contributed by atoms with Crippen LogP contribution in [0.3, 0.4) is 0 Å². The number of hydrogen-bond donors (Lipinski definition) is 2. The summed E-state index contributed by atoms with van der Waals surface area (Å²) in [4.78, 5) is 24.4. The van der Waals surface area contributed by atoms with E-state index in [0.717, 1.165) is 0 Å². The van der Waals surface area contributed by atoms with Gasteiger partial charge < -0.3 is 15.3 Å². The summed E-state index contributed by atoms with van der Waals surface area (Å²) in [5, 5.41) is 11.5. The van der Waals surface area contributed by atoms with Crippen molar-refractivity contribution >= 4 is 17.7 Å². The second-order valence-electron chi connectivity index (χ2n) is 5.47. The second-order valence-corrected chi connectivity index (χ2v) is 5.47. The number of halogens is 3. The van der Waals surface area contributed by atoms with Crippen LogP contribution in [-0.4, -0.2) is 41.3 Å². The van der Waals surface area contributed by atoms with E-state index in [0.29, 0.717) is 24.2 Å². The molecule has 0 spiro atoms. The van der Waals surface area contributed by atoms with E-state index in [1.807, 2.05) is 0 Å². The van der Waals surface area contributed by atoms with Crippen molar-refractivity contribution in [2.24, 2.45) is 5.92 Å². The van der Waals surface area contributed by atoms with Crippen molar-refractivity contribution in [1.29, 1.82) is 0 Å². The fourth-order valence-corrected chi connectivity index (χ4v) is 2.48. The molecule has 0 aromatic heterocycles. The van der Waals surface area contributed by atoms with E-state index in [1.165, 1.54) is 17.0 Å². The van der Waals surface area contributed by atoms with E-state index in [-0.39, 0.29) is 13.0 Å². The Bertz CT molecular complexity index is 590. The Balaban J connectivity index is 2.00. The molecule has 1 unspecified atom stereocenters. The van der Waals surface area contributed by atoms with Crippen molar-refractivity contribution in [2.45, 2.75) is 25.4 Å². The predicted molar refractivity (Wildman–Crippen MR) is 77.2 cm³/mol. The SMILES string of the molecule is O=C(O)C1CCN(C(=O)Nc2ccccc2CCC(F)(F)F)C1. The summed E-state index contributed by atoms with van der Waals surface area (Å²) in [6, 6.07) is 5.81. The number of carbonyl (C=O) groups excluding carboxylic acids is 1. The largest absolute Gasteiger partial charge is 0.481 e. The first-order valence-electron chi connectivity index (χ1n) is 7.19. The molecule has 1 aromatic rings. The molecule has 0 saturated carbocycles. The summed E-state index contributed by atoms with van der Waals surface area (Å²) < 4.78 is 37.0. The van der Waals surface area contributed by atoms with Crippen LogP contribution >= 0.6 is 0 Å². The smallest absolute Gasteiger partial charge is 0.389 e. The Morgan fingerprint density at radius 1 is 1.30 bits per heavy atom. The van der Waals surface area contributed by atoms with Crippen LogP contribution in [0.1, 0.15) is 18.4 Å². The van der Waals surface area contributed by atoms with Crippen LogP contribution in [0.25, 0.3) is 0 Å². The third-order valence-electron chi connectivity index (χ3n) is 3.76. The summed E-state index contributed by atoms with van der Waals surface area (Å²) >= 11 is 0. The Hall–Kier alpha value is -2.25. The number of urea groups is 1. The van der Waals surface area contributed by atoms with E-state index in [1.54, 1.807) is 12.1 Å². The number of rotatable bonds is 4. The number of anilines is 1. The first-order valence-corrected chi connectivity index (χ1v) is 7.19. The first-order chi connectivity index (χ1) is 10.8. The molecule has 0 radical (unpaired) electrons. The standard InChI is InChI=1S/C15H17F3N2O3/c16-15(17,18)7-5-10-3-1-2-4-12(10)19-14(23)20-8-6-11(9-20)13(21)22/h1-4,11H,5-9H2,(H,19,23)(H,21,22). The lowest BCUT2D eigenvalue weighted by Gasteiger charge is -2.18. The number of benzene rings is 1. The third-order valence-corrected chi connectivity index (χ3v) is 3.76. The fourth-order valence-electron chi connectivity index (χ4n) is 2.48. The molecule has 126 valence electrons. The minimum Gasteiger partial charge on any atom is -0.481 e. The van der Waals surface area contributed by atoms with Gasteiger partial charge >= 0.3 is 18.2 Å². The zero-order valence-corrected chi connectivity index (χ0v) is 12.3. The summed E-state index contributed by atoms with van der Waals surface area (Å²) in [7, 11) is 0. The van der Waals surface area contributed by atoms with E-state index in [2.05, 4.69) is 5.32 Å². The molecule has 1 fully saturated rings. The van der Waals surface area contributed by atoms with Gasteiger partial charge in [-0.25, -0.2) is 4.79 Å². The third kappa shape index (κ3) is 4.87. The number of alkyl halides is 3. The molecule has 2 N–H and O–H groups in total. The van der Waals surface area contributed by atoms with Gasteiger partial charge in [-0.3, -0.25) is 4.79 Å². The number of likely N-dealkylation sites (tertiary alicyclic amines) is 1. The van der Waals surface area contributed by atoms with Crippen molar-refractivity contribution in [3.63, 3.8) is 0 Å². The fraction of sp³-hybridized carbons (Fsp3) is 0.467. The van der Waals surface area contributed by atoms with Crippen molar-refractivity contribution < 1.29 is 27.9 Å². The summed E-state index contributed by atoms with van der Waals surface area (Å²) in [6.07, 6.45) is -5.08. The van der Waals surface area contributed by atoms with Gasteiger partial charge in [0.05, 0.1) is 5.92 Å². The Morgan fingerprint density at radius 2 is 2.00 bits per heavy atom. The minimum absolute atomic E-state index is 0.103. The van der Waals surface area contributed by atoms with Crippen LogP contribution < -0.4 is 5.32 Å². The molecule has 1 atom stereocenters. The van der Waals surface area contributed by atoms with Gasteiger partial charge in [0.15, 0.2) is 0 Å². The minimum atomic E-state index is -4.26. The monoisotopic (exact) mass is 330 g/mol. The highest BCUT2D eigenvalue weighted by atomic mass is 19.4. The number of hydrogen-bond acceptors (Lipinski definition) is 2. The Morgan fingerprint density at radius 3 is 2.61 bits per heavy atom.